The van der Waals surface area contributed by atoms with Crippen molar-refractivity contribution in [3.05, 3.63) is 46.5 Å². The lowest BCUT2D eigenvalue weighted by Crippen LogP contribution is -2.14. The second-order valence-corrected chi connectivity index (χ2v) is 4.39. The van der Waals surface area contributed by atoms with Crippen LogP contribution in [-0.2, 0) is 10.5 Å². The molecule has 0 bridgehead atoms. The Morgan fingerprint density at radius 2 is 2.29 bits per heavy atom. The van der Waals surface area contributed by atoms with Gasteiger partial charge < -0.3 is 5.11 Å². The molecule has 0 unspecified atom stereocenters. The van der Waals surface area contributed by atoms with E-state index >= 15 is 0 Å². The van der Waals surface area contributed by atoms with E-state index in [1.165, 1.54) is 22.2 Å². The lowest BCUT2D eigenvalue weighted by molar-refractivity contribution is -0.133. The minimum absolute atomic E-state index is 0.00976. The molecule has 0 amide bonds. The first kappa shape index (κ1) is 11.7. The van der Waals surface area contributed by atoms with Gasteiger partial charge in [0, 0.05) is 18.0 Å². The molecule has 2 heterocycles. The van der Waals surface area contributed by atoms with Gasteiger partial charge in [0.15, 0.2) is 0 Å². The van der Waals surface area contributed by atoms with Gasteiger partial charge in [-0.1, -0.05) is 6.07 Å². The van der Waals surface area contributed by atoms with Crippen molar-refractivity contribution in [3.8, 4) is 0 Å². The van der Waals surface area contributed by atoms with Gasteiger partial charge in [0.1, 0.15) is 5.65 Å². The van der Waals surface area contributed by atoms with Crippen LogP contribution in [-0.4, -0.2) is 26.2 Å². The second kappa shape index (κ2) is 5.01. The van der Waals surface area contributed by atoms with Crippen LogP contribution in [0.25, 0.3) is 5.65 Å². The molecule has 0 saturated heterocycles. The minimum atomic E-state index is -0.868. The largest absolute Gasteiger partial charge is 0.481 e. The molecule has 5 nitrogen and oxygen atoms in total. The molecule has 88 valence electrons. The van der Waals surface area contributed by atoms with Crippen molar-refractivity contribution in [1.29, 1.82) is 0 Å². The molecule has 2 aromatic rings. The highest BCUT2D eigenvalue weighted by Gasteiger charge is 2.03. The normalized spacial score (nSPS) is 10.6. The van der Waals surface area contributed by atoms with E-state index in [1.54, 1.807) is 24.4 Å². The average Bonchev–Trinajstić information content (AvgIpc) is 2.28. The number of fused-ring (bicyclic) bond motifs is 1. The van der Waals surface area contributed by atoms with Crippen molar-refractivity contribution < 1.29 is 9.90 Å². The standard InChI is InChI=1S/C11H10N2O3S/c14-10-5-8(6-17-7-11(15)16)12-9-3-1-2-4-13(9)10/h1-5H,6-7H2,(H,15,16). The monoisotopic (exact) mass is 250 g/mol. The summed E-state index contributed by atoms with van der Waals surface area (Å²) in [5.74, 6) is -0.435. The molecule has 0 aliphatic rings. The third-order valence-electron chi connectivity index (χ3n) is 2.10. The summed E-state index contributed by atoms with van der Waals surface area (Å²) in [5.41, 5.74) is 1.03. The van der Waals surface area contributed by atoms with Crippen LogP contribution in [0.3, 0.4) is 0 Å². The summed E-state index contributed by atoms with van der Waals surface area (Å²) in [6.07, 6.45) is 1.65. The Labute approximate surface area is 101 Å². The number of nitrogens with zero attached hydrogens (tertiary/aromatic N) is 2. The lowest BCUT2D eigenvalue weighted by atomic mass is 10.4. The molecule has 1 N–H and O–H groups in total. The van der Waals surface area contributed by atoms with Gasteiger partial charge in [-0.2, -0.15) is 0 Å². The number of carbonyl (C=O) groups is 1. The summed E-state index contributed by atoms with van der Waals surface area (Å²) in [7, 11) is 0. The summed E-state index contributed by atoms with van der Waals surface area (Å²) in [6, 6.07) is 6.74. The predicted molar refractivity (Wildman–Crippen MR) is 65.3 cm³/mol. The molecule has 2 aromatic heterocycles. The highest BCUT2D eigenvalue weighted by Crippen LogP contribution is 2.09. The van der Waals surface area contributed by atoms with E-state index in [0.717, 1.165) is 0 Å². The summed E-state index contributed by atoms with van der Waals surface area (Å²) in [5, 5.41) is 8.51. The fourth-order valence-electron chi connectivity index (χ4n) is 1.42. The number of thioether (sulfide) groups is 1. The predicted octanol–water partition coefficient (Wildman–Crippen LogP) is 1.01. The summed E-state index contributed by atoms with van der Waals surface area (Å²) in [4.78, 5) is 26.3. The van der Waals surface area contributed by atoms with E-state index in [4.69, 9.17) is 5.11 Å². The maximum Gasteiger partial charge on any atom is 0.313 e. The Hall–Kier alpha value is -1.82. The molecule has 0 atom stereocenters. The number of hydrogen-bond donors (Lipinski definition) is 1. The van der Waals surface area contributed by atoms with Crippen LogP contribution in [0, 0.1) is 0 Å². The van der Waals surface area contributed by atoms with Gasteiger partial charge in [-0.05, 0) is 12.1 Å². The maximum atomic E-state index is 11.7. The first-order valence-corrected chi connectivity index (χ1v) is 6.09. The van der Waals surface area contributed by atoms with Gasteiger partial charge in [-0.15, -0.1) is 11.8 Å². The Bertz CT molecular complexity index is 609. The topological polar surface area (TPSA) is 71.7 Å². The number of aromatic nitrogens is 2. The Kier molecular flexibility index (Phi) is 3.43. The van der Waals surface area contributed by atoms with Gasteiger partial charge in [0.2, 0.25) is 0 Å². The zero-order chi connectivity index (χ0) is 12.3. The first-order valence-electron chi connectivity index (χ1n) is 4.93. The second-order valence-electron chi connectivity index (χ2n) is 3.40. The van der Waals surface area contributed by atoms with E-state index in [-0.39, 0.29) is 11.3 Å². The molecular weight excluding hydrogens is 240 g/mol. The van der Waals surface area contributed by atoms with E-state index in [0.29, 0.717) is 17.1 Å². The van der Waals surface area contributed by atoms with Gasteiger partial charge in [0.05, 0.1) is 11.4 Å². The average molecular weight is 250 g/mol. The smallest absolute Gasteiger partial charge is 0.313 e. The fraction of sp³-hybridized carbons (Fsp3) is 0.182. The number of rotatable bonds is 4. The number of pyridine rings is 1. The van der Waals surface area contributed by atoms with Gasteiger partial charge in [0.25, 0.3) is 5.56 Å². The number of hydrogen-bond acceptors (Lipinski definition) is 4. The minimum Gasteiger partial charge on any atom is -0.481 e. The van der Waals surface area contributed by atoms with Crippen LogP contribution < -0.4 is 5.56 Å². The van der Waals surface area contributed by atoms with Crippen molar-refractivity contribution in [2.24, 2.45) is 0 Å². The third-order valence-corrected chi connectivity index (χ3v) is 3.05. The number of carboxylic acids is 1. The van der Waals surface area contributed by atoms with Crippen molar-refractivity contribution in [2.75, 3.05) is 5.75 Å². The van der Waals surface area contributed by atoms with Crippen molar-refractivity contribution >= 4 is 23.4 Å². The Balaban J connectivity index is 2.25. The van der Waals surface area contributed by atoms with Gasteiger partial charge in [-0.25, -0.2) is 4.98 Å². The van der Waals surface area contributed by atoms with E-state index in [1.807, 2.05) is 0 Å². The molecule has 0 aliphatic carbocycles. The number of carboxylic acid groups (broad SMARTS) is 1. The molecule has 0 saturated carbocycles. The van der Waals surface area contributed by atoms with Crippen molar-refractivity contribution in [2.45, 2.75) is 5.75 Å². The summed E-state index contributed by atoms with van der Waals surface area (Å²) in [6.45, 7) is 0. The highest BCUT2D eigenvalue weighted by molar-refractivity contribution is 7.99. The molecule has 0 radical (unpaired) electrons. The van der Waals surface area contributed by atoms with Crippen LogP contribution >= 0.6 is 11.8 Å². The third kappa shape index (κ3) is 2.85. The molecule has 0 aliphatic heterocycles. The van der Waals surface area contributed by atoms with Crippen molar-refractivity contribution in [1.82, 2.24) is 9.38 Å². The fourth-order valence-corrected chi connectivity index (χ4v) is 2.05. The molecule has 2 rings (SSSR count). The molecule has 0 spiro atoms. The van der Waals surface area contributed by atoms with Crippen molar-refractivity contribution in [3.63, 3.8) is 0 Å². The van der Waals surface area contributed by atoms with E-state index < -0.39 is 5.97 Å². The lowest BCUT2D eigenvalue weighted by Gasteiger charge is -2.02. The van der Waals surface area contributed by atoms with E-state index in [2.05, 4.69) is 4.98 Å². The zero-order valence-electron chi connectivity index (χ0n) is 8.87. The van der Waals surface area contributed by atoms with Crippen LogP contribution in [0.5, 0.6) is 0 Å². The van der Waals surface area contributed by atoms with Crippen LogP contribution in [0.4, 0.5) is 0 Å². The highest BCUT2D eigenvalue weighted by atomic mass is 32.2. The molecule has 0 aromatic carbocycles. The molecule has 0 fully saturated rings. The summed E-state index contributed by atoms with van der Waals surface area (Å²) >= 11 is 1.22. The quantitative estimate of drug-likeness (QED) is 0.876. The van der Waals surface area contributed by atoms with Crippen LogP contribution in [0.15, 0.2) is 35.3 Å². The Morgan fingerprint density at radius 1 is 1.47 bits per heavy atom. The van der Waals surface area contributed by atoms with Gasteiger partial charge in [-0.3, -0.25) is 14.0 Å². The number of aliphatic carboxylic acids is 1. The van der Waals surface area contributed by atoms with E-state index in [9.17, 15) is 9.59 Å². The Morgan fingerprint density at radius 3 is 3.06 bits per heavy atom. The van der Waals surface area contributed by atoms with Crippen LogP contribution in [0.2, 0.25) is 0 Å². The van der Waals surface area contributed by atoms with Gasteiger partial charge >= 0.3 is 5.97 Å². The maximum absolute atomic E-state index is 11.7. The zero-order valence-corrected chi connectivity index (χ0v) is 9.68. The summed E-state index contributed by atoms with van der Waals surface area (Å²) < 4.78 is 1.45. The first-order chi connectivity index (χ1) is 8.16. The SMILES string of the molecule is O=C(O)CSCc1cc(=O)n2ccccc2n1. The molecule has 17 heavy (non-hydrogen) atoms. The molecular formula is C11H10N2O3S. The molecule has 6 heteroatoms. The van der Waals surface area contributed by atoms with Crippen LogP contribution in [0.1, 0.15) is 5.69 Å².